The molecule has 0 saturated carbocycles. The molecule has 0 atom stereocenters. The summed E-state index contributed by atoms with van der Waals surface area (Å²) in [5.74, 6) is 0.270. The molecular weight excluding hydrogens is 425 g/mol. The standard InChI is InChI=1S/C22H25Cl2N3O3/c1-25(2)18-7-4-16(5-8-18)22(29)27-11-3-10-26(12-13-27)21(28)15-30-20-9-6-17(23)14-19(20)24/h4-9,14H,3,10-13,15H2,1-2H3. The van der Waals surface area contributed by atoms with Crippen LogP contribution < -0.4 is 9.64 Å². The zero-order valence-electron chi connectivity index (χ0n) is 17.1. The maximum Gasteiger partial charge on any atom is 0.260 e. The SMILES string of the molecule is CN(C)c1ccc(C(=O)N2CCCN(C(=O)COc3ccc(Cl)cc3Cl)CC2)cc1. The van der Waals surface area contributed by atoms with Crippen molar-refractivity contribution in [2.75, 3.05) is 51.8 Å². The Bertz CT molecular complexity index is 903. The fourth-order valence-corrected chi connectivity index (χ4v) is 3.74. The average Bonchev–Trinajstić information content (AvgIpc) is 2.99. The van der Waals surface area contributed by atoms with Crippen molar-refractivity contribution < 1.29 is 14.3 Å². The van der Waals surface area contributed by atoms with Gasteiger partial charge >= 0.3 is 0 Å². The van der Waals surface area contributed by atoms with Crippen molar-refractivity contribution in [3.05, 3.63) is 58.1 Å². The predicted octanol–water partition coefficient (Wildman–Crippen LogP) is 3.81. The van der Waals surface area contributed by atoms with E-state index in [1.165, 1.54) is 0 Å². The van der Waals surface area contributed by atoms with E-state index < -0.39 is 0 Å². The molecule has 30 heavy (non-hydrogen) atoms. The molecule has 0 radical (unpaired) electrons. The topological polar surface area (TPSA) is 53.1 Å². The number of carbonyl (C=O) groups is 2. The molecule has 8 heteroatoms. The highest BCUT2D eigenvalue weighted by Gasteiger charge is 2.23. The van der Waals surface area contributed by atoms with Crippen LogP contribution in [-0.4, -0.2) is 68.5 Å². The van der Waals surface area contributed by atoms with Crippen molar-refractivity contribution in [1.29, 1.82) is 0 Å². The normalized spacial score (nSPS) is 14.3. The van der Waals surface area contributed by atoms with Crippen molar-refractivity contribution in [3.8, 4) is 5.75 Å². The predicted molar refractivity (Wildman–Crippen MR) is 120 cm³/mol. The largest absolute Gasteiger partial charge is 0.482 e. The van der Waals surface area contributed by atoms with Gasteiger partial charge in [0.15, 0.2) is 6.61 Å². The summed E-state index contributed by atoms with van der Waals surface area (Å²) in [5.41, 5.74) is 1.70. The minimum Gasteiger partial charge on any atom is -0.482 e. The van der Waals surface area contributed by atoms with E-state index in [4.69, 9.17) is 27.9 Å². The molecule has 160 valence electrons. The van der Waals surface area contributed by atoms with Gasteiger partial charge in [-0.25, -0.2) is 0 Å². The third kappa shape index (κ3) is 5.58. The smallest absolute Gasteiger partial charge is 0.260 e. The molecule has 0 aliphatic carbocycles. The first-order valence-corrected chi connectivity index (χ1v) is 10.5. The molecule has 0 N–H and O–H groups in total. The Morgan fingerprint density at radius 2 is 1.63 bits per heavy atom. The van der Waals surface area contributed by atoms with Gasteiger partial charge < -0.3 is 19.4 Å². The van der Waals surface area contributed by atoms with Gasteiger partial charge in [0.25, 0.3) is 11.8 Å². The van der Waals surface area contributed by atoms with E-state index in [-0.39, 0.29) is 18.4 Å². The zero-order chi connectivity index (χ0) is 21.7. The van der Waals surface area contributed by atoms with Gasteiger partial charge in [0.05, 0.1) is 5.02 Å². The lowest BCUT2D eigenvalue weighted by Gasteiger charge is -2.22. The highest BCUT2D eigenvalue weighted by molar-refractivity contribution is 6.35. The lowest BCUT2D eigenvalue weighted by Crippen LogP contribution is -2.39. The van der Waals surface area contributed by atoms with Gasteiger partial charge in [0.2, 0.25) is 0 Å². The molecule has 0 bridgehead atoms. The highest BCUT2D eigenvalue weighted by Crippen LogP contribution is 2.27. The van der Waals surface area contributed by atoms with E-state index in [9.17, 15) is 9.59 Å². The van der Waals surface area contributed by atoms with Crippen molar-refractivity contribution in [2.45, 2.75) is 6.42 Å². The van der Waals surface area contributed by atoms with Gasteiger partial charge in [-0.3, -0.25) is 9.59 Å². The van der Waals surface area contributed by atoms with E-state index in [1.54, 1.807) is 28.0 Å². The summed E-state index contributed by atoms with van der Waals surface area (Å²) in [5, 5.41) is 0.871. The summed E-state index contributed by atoms with van der Waals surface area (Å²) >= 11 is 12.0. The molecule has 2 aromatic carbocycles. The number of benzene rings is 2. The quantitative estimate of drug-likeness (QED) is 0.696. The second-order valence-corrected chi connectivity index (χ2v) is 8.17. The molecule has 0 aromatic heterocycles. The van der Waals surface area contributed by atoms with Crippen LogP contribution in [0, 0.1) is 0 Å². The van der Waals surface area contributed by atoms with Crippen LogP contribution in [0.3, 0.4) is 0 Å². The summed E-state index contributed by atoms with van der Waals surface area (Å²) < 4.78 is 5.56. The molecule has 1 heterocycles. The van der Waals surface area contributed by atoms with Gasteiger partial charge in [-0.05, 0) is 48.9 Å². The number of rotatable bonds is 5. The molecule has 1 aliphatic rings. The van der Waals surface area contributed by atoms with Gasteiger partial charge in [0.1, 0.15) is 5.75 Å². The molecule has 0 unspecified atom stereocenters. The molecule has 6 nitrogen and oxygen atoms in total. The van der Waals surface area contributed by atoms with Crippen LogP contribution in [0.15, 0.2) is 42.5 Å². The average molecular weight is 450 g/mol. The molecular formula is C22H25Cl2N3O3. The fraction of sp³-hybridized carbons (Fsp3) is 0.364. The molecule has 1 fully saturated rings. The first-order valence-electron chi connectivity index (χ1n) is 9.77. The number of hydrogen-bond acceptors (Lipinski definition) is 4. The lowest BCUT2D eigenvalue weighted by molar-refractivity contribution is -0.133. The minimum absolute atomic E-state index is 0.0150. The number of anilines is 1. The van der Waals surface area contributed by atoms with Gasteiger partial charge in [-0.2, -0.15) is 0 Å². The van der Waals surface area contributed by atoms with Crippen molar-refractivity contribution >= 4 is 40.7 Å². The second kappa shape index (κ2) is 10.0. The summed E-state index contributed by atoms with van der Waals surface area (Å²) in [6.45, 7) is 2.04. The number of halogens is 2. The molecule has 1 saturated heterocycles. The van der Waals surface area contributed by atoms with E-state index in [1.807, 2.05) is 43.3 Å². The molecule has 0 spiro atoms. The third-order valence-electron chi connectivity index (χ3n) is 5.01. The minimum atomic E-state index is -0.134. The van der Waals surface area contributed by atoms with E-state index in [0.717, 1.165) is 12.1 Å². The molecule has 2 amide bonds. The maximum absolute atomic E-state index is 12.8. The monoisotopic (exact) mass is 449 g/mol. The Labute approximate surface area is 186 Å². The van der Waals surface area contributed by atoms with Gasteiger partial charge in [-0.15, -0.1) is 0 Å². The Morgan fingerprint density at radius 1 is 0.967 bits per heavy atom. The van der Waals surface area contributed by atoms with Crippen LogP contribution in [0.5, 0.6) is 5.75 Å². The second-order valence-electron chi connectivity index (χ2n) is 7.33. The summed E-state index contributed by atoms with van der Waals surface area (Å²) in [4.78, 5) is 30.9. The van der Waals surface area contributed by atoms with Crippen LogP contribution >= 0.6 is 23.2 Å². The molecule has 2 aromatic rings. The number of hydrogen-bond donors (Lipinski definition) is 0. The maximum atomic E-state index is 12.8. The Morgan fingerprint density at radius 3 is 2.30 bits per heavy atom. The van der Waals surface area contributed by atoms with Gasteiger partial charge in [0, 0.05) is 56.5 Å². The Hall–Kier alpha value is -2.44. The van der Waals surface area contributed by atoms with Crippen molar-refractivity contribution in [2.24, 2.45) is 0 Å². The number of amides is 2. The number of ether oxygens (including phenoxy) is 1. The van der Waals surface area contributed by atoms with E-state index in [2.05, 4.69) is 0 Å². The van der Waals surface area contributed by atoms with E-state index in [0.29, 0.717) is 47.5 Å². The van der Waals surface area contributed by atoms with Crippen LogP contribution in [0.4, 0.5) is 5.69 Å². The lowest BCUT2D eigenvalue weighted by atomic mass is 10.1. The Balaban J connectivity index is 1.54. The first kappa shape index (κ1) is 22.2. The number of carbonyl (C=O) groups excluding carboxylic acids is 2. The third-order valence-corrected chi connectivity index (χ3v) is 5.54. The number of nitrogens with zero attached hydrogens (tertiary/aromatic N) is 3. The van der Waals surface area contributed by atoms with Gasteiger partial charge in [-0.1, -0.05) is 23.2 Å². The Kier molecular flexibility index (Phi) is 7.45. The van der Waals surface area contributed by atoms with E-state index >= 15 is 0 Å². The van der Waals surface area contributed by atoms with Crippen LogP contribution in [0.1, 0.15) is 16.8 Å². The zero-order valence-corrected chi connectivity index (χ0v) is 18.6. The molecule has 1 aliphatic heterocycles. The van der Waals surface area contributed by atoms with Crippen molar-refractivity contribution in [3.63, 3.8) is 0 Å². The fourth-order valence-electron chi connectivity index (χ4n) is 3.28. The summed E-state index contributed by atoms with van der Waals surface area (Å²) in [6.07, 6.45) is 0.717. The highest BCUT2D eigenvalue weighted by atomic mass is 35.5. The van der Waals surface area contributed by atoms with Crippen molar-refractivity contribution in [1.82, 2.24) is 9.80 Å². The van der Waals surface area contributed by atoms with Crippen LogP contribution in [-0.2, 0) is 4.79 Å². The van der Waals surface area contributed by atoms with Crippen LogP contribution in [0.25, 0.3) is 0 Å². The van der Waals surface area contributed by atoms with Crippen LogP contribution in [0.2, 0.25) is 10.0 Å². The summed E-state index contributed by atoms with van der Waals surface area (Å²) in [7, 11) is 3.92. The first-order chi connectivity index (χ1) is 14.3. The summed E-state index contributed by atoms with van der Waals surface area (Å²) in [6, 6.07) is 12.4. The molecule has 3 rings (SSSR count).